The number of nitrogens with one attached hydrogen (secondary N) is 1. The summed E-state index contributed by atoms with van der Waals surface area (Å²) in [7, 11) is -4.18. The molecule has 1 atom stereocenters. The first kappa shape index (κ1) is 48.7. The Balaban J connectivity index is 1.59. The molecule has 0 aliphatic heterocycles. The molecule has 0 spiro atoms. The van der Waals surface area contributed by atoms with E-state index < -0.39 is 59.9 Å². The molecule has 0 fully saturated rings. The molecule has 1 N–H and O–H groups in total. The van der Waals surface area contributed by atoms with Crippen LogP contribution >= 0.6 is 0 Å². The van der Waals surface area contributed by atoms with Crippen molar-refractivity contribution in [2.75, 3.05) is 80.0 Å². The molecular weight excluding hydrogens is 807 g/mol. The molecule has 0 aliphatic carbocycles. The Morgan fingerprint density at radius 2 is 1.18 bits per heavy atom. The molecule has 332 valence electrons. The summed E-state index contributed by atoms with van der Waals surface area (Å²) in [4.78, 5) is 40.6. The quantitative estimate of drug-likeness (QED) is 0.0162. The largest absolute Gasteiger partial charge is 0.462 e. The molecule has 0 aliphatic rings. The molecule has 12 nitrogen and oxygen atoms in total. The summed E-state index contributed by atoms with van der Waals surface area (Å²) in [6, 6.07) is 28.1. The van der Waals surface area contributed by atoms with E-state index in [0.29, 0.717) is 6.54 Å². The number of aryl methyl sites for hydroxylation is 1. The fourth-order valence-corrected chi connectivity index (χ4v) is 8.38. The predicted octanol–water partition coefficient (Wildman–Crippen LogP) is 8.34. The van der Waals surface area contributed by atoms with Gasteiger partial charge in [0.05, 0.1) is 17.8 Å². The first-order valence-corrected chi connectivity index (χ1v) is 22.6. The van der Waals surface area contributed by atoms with E-state index in [0.717, 1.165) is 66.4 Å². The Hall–Kier alpha value is -5.92. The minimum atomic E-state index is -4.18. The standard InChI is InChI=1S/C49H61N3O9S/c1-9-45(53)58-32-49(33-59-46(54)10-2,34-60-47(55)11-3)35-61-62(56,57)30-18-29-50-44-28-27-43(41-19-16-17-20-42(41)44)48(37-21-23-38(24-22-37)51(12-4)13-5)40-26-25-39(31-36(40)8)52(14-6)15-7/h9-11,16-17,19-28,31,48,50H,1-3,12-15,18,29-30,32-35H2,4-8H3. The monoisotopic (exact) mass is 867 g/mol. The minimum Gasteiger partial charge on any atom is -0.462 e. The number of rotatable bonds is 26. The lowest BCUT2D eigenvalue weighted by atomic mass is 9.80. The van der Waals surface area contributed by atoms with E-state index in [4.69, 9.17) is 18.4 Å². The zero-order chi connectivity index (χ0) is 45.3. The van der Waals surface area contributed by atoms with Crippen molar-refractivity contribution in [3.05, 3.63) is 139 Å². The highest BCUT2D eigenvalue weighted by Crippen LogP contribution is 2.41. The van der Waals surface area contributed by atoms with Gasteiger partial charge in [0.25, 0.3) is 10.1 Å². The van der Waals surface area contributed by atoms with Crippen LogP contribution in [0.5, 0.6) is 0 Å². The van der Waals surface area contributed by atoms with Crippen molar-refractivity contribution in [3.63, 3.8) is 0 Å². The lowest BCUT2D eigenvalue weighted by molar-refractivity contribution is -0.158. The number of carbonyl (C=O) groups excluding carboxylic acids is 3. The van der Waals surface area contributed by atoms with Crippen molar-refractivity contribution < 1.29 is 41.2 Å². The van der Waals surface area contributed by atoms with E-state index >= 15 is 0 Å². The third-order valence-corrected chi connectivity index (χ3v) is 12.1. The molecule has 0 bridgehead atoms. The maximum absolute atomic E-state index is 13.3. The van der Waals surface area contributed by atoms with Crippen molar-refractivity contribution >= 4 is 55.9 Å². The number of anilines is 3. The predicted molar refractivity (Wildman–Crippen MR) is 248 cm³/mol. The summed E-state index contributed by atoms with van der Waals surface area (Å²) in [5, 5.41) is 5.51. The van der Waals surface area contributed by atoms with Crippen LogP contribution in [0.4, 0.5) is 17.1 Å². The Labute approximate surface area is 367 Å². The molecule has 4 rings (SSSR count). The molecule has 1 unspecified atom stereocenters. The molecule has 62 heavy (non-hydrogen) atoms. The van der Waals surface area contributed by atoms with E-state index in [9.17, 15) is 22.8 Å². The number of benzene rings is 4. The van der Waals surface area contributed by atoms with E-state index in [-0.39, 0.29) is 18.1 Å². The topological polar surface area (TPSA) is 141 Å². The molecule has 0 heterocycles. The first-order chi connectivity index (χ1) is 29.8. The fraction of sp³-hybridized carbons (Fsp3) is 0.367. The third kappa shape index (κ3) is 13.0. The molecule has 0 saturated heterocycles. The van der Waals surface area contributed by atoms with Crippen molar-refractivity contribution in [1.82, 2.24) is 0 Å². The highest BCUT2D eigenvalue weighted by Gasteiger charge is 2.38. The van der Waals surface area contributed by atoms with E-state index in [1.54, 1.807) is 0 Å². The minimum absolute atomic E-state index is 0.0688. The maximum Gasteiger partial charge on any atom is 0.330 e. The van der Waals surface area contributed by atoms with Gasteiger partial charge >= 0.3 is 17.9 Å². The normalized spacial score (nSPS) is 11.9. The van der Waals surface area contributed by atoms with Gasteiger partial charge < -0.3 is 29.3 Å². The van der Waals surface area contributed by atoms with Gasteiger partial charge in [0.1, 0.15) is 19.8 Å². The van der Waals surface area contributed by atoms with Crippen LogP contribution in [-0.2, 0) is 42.9 Å². The van der Waals surface area contributed by atoms with Gasteiger partial charge in [-0.05, 0) is 99.0 Å². The van der Waals surface area contributed by atoms with Crippen LogP contribution in [0, 0.1) is 12.3 Å². The maximum atomic E-state index is 13.3. The lowest BCUT2D eigenvalue weighted by Gasteiger charge is -2.31. The number of hydrogen-bond acceptors (Lipinski definition) is 12. The number of fused-ring (bicyclic) bond motifs is 1. The van der Waals surface area contributed by atoms with Gasteiger partial charge in [0.15, 0.2) is 0 Å². The van der Waals surface area contributed by atoms with Crippen LogP contribution < -0.4 is 15.1 Å². The zero-order valence-corrected chi connectivity index (χ0v) is 37.5. The van der Waals surface area contributed by atoms with Gasteiger partial charge in [-0.3, -0.25) is 4.18 Å². The summed E-state index contributed by atoms with van der Waals surface area (Å²) in [5.41, 5.74) is 6.38. The van der Waals surface area contributed by atoms with Gasteiger partial charge in [0.2, 0.25) is 0 Å². The van der Waals surface area contributed by atoms with E-state index in [1.165, 1.54) is 28.1 Å². The SMILES string of the molecule is C=CC(=O)OCC(COC(=O)C=C)(COC(=O)C=C)COS(=O)(=O)CCCNc1ccc(C(c2ccc(N(CC)CC)cc2)c2ccc(N(CC)CC)cc2C)c2ccccc12. The molecule has 0 saturated carbocycles. The Kier molecular flexibility index (Phi) is 18.3. The summed E-state index contributed by atoms with van der Waals surface area (Å²) in [5.74, 6) is -2.91. The van der Waals surface area contributed by atoms with Crippen LogP contribution in [-0.4, -0.2) is 91.2 Å². The Morgan fingerprint density at radius 1 is 0.677 bits per heavy atom. The van der Waals surface area contributed by atoms with Crippen molar-refractivity contribution in [2.45, 2.75) is 47.0 Å². The zero-order valence-electron chi connectivity index (χ0n) is 36.7. The van der Waals surface area contributed by atoms with Gasteiger partial charge in [-0.2, -0.15) is 8.42 Å². The second kappa shape index (κ2) is 23.3. The van der Waals surface area contributed by atoms with Crippen LogP contribution in [0.1, 0.15) is 62.3 Å². The first-order valence-electron chi connectivity index (χ1n) is 21.0. The molecule has 4 aromatic carbocycles. The second-order valence-electron chi connectivity index (χ2n) is 14.9. The smallest absolute Gasteiger partial charge is 0.330 e. The van der Waals surface area contributed by atoms with Crippen LogP contribution in [0.2, 0.25) is 0 Å². The molecule has 13 heteroatoms. The summed E-state index contributed by atoms with van der Waals surface area (Å²) in [6.45, 7) is 22.7. The summed E-state index contributed by atoms with van der Waals surface area (Å²) >= 11 is 0. The average Bonchev–Trinajstić information content (AvgIpc) is 3.29. The highest BCUT2D eigenvalue weighted by molar-refractivity contribution is 7.86. The van der Waals surface area contributed by atoms with E-state index in [2.05, 4.69) is 130 Å². The van der Waals surface area contributed by atoms with Crippen LogP contribution in [0.3, 0.4) is 0 Å². The highest BCUT2D eigenvalue weighted by atomic mass is 32.2. The summed E-state index contributed by atoms with van der Waals surface area (Å²) < 4.78 is 47.5. The van der Waals surface area contributed by atoms with Gasteiger partial charge in [-0.15, -0.1) is 0 Å². The Bertz CT molecular complexity index is 2220. The second-order valence-corrected chi connectivity index (χ2v) is 16.7. The van der Waals surface area contributed by atoms with Gasteiger partial charge in [-0.25, -0.2) is 14.4 Å². The van der Waals surface area contributed by atoms with Crippen molar-refractivity contribution in [3.8, 4) is 0 Å². The number of nitrogens with zero attached hydrogens (tertiary/aromatic N) is 2. The molecule has 0 radical (unpaired) electrons. The third-order valence-electron chi connectivity index (χ3n) is 10.8. The molecular formula is C49H61N3O9S. The Morgan fingerprint density at radius 3 is 1.69 bits per heavy atom. The van der Waals surface area contributed by atoms with Crippen molar-refractivity contribution in [2.24, 2.45) is 5.41 Å². The molecule has 0 aromatic heterocycles. The van der Waals surface area contributed by atoms with Crippen LogP contribution in [0.25, 0.3) is 10.8 Å². The fourth-order valence-electron chi connectivity index (χ4n) is 7.34. The number of carbonyl (C=O) groups is 3. The number of hydrogen-bond donors (Lipinski definition) is 1. The number of ether oxygens (including phenoxy) is 3. The average molecular weight is 868 g/mol. The molecule has 0 amide bonds. The molecule has 4 aromatic rings. The van der Waals surface area contributed by atoms with Crippen LogP contribution in [0.15, 0.2) is 117 Å². The van der Waals surface area contributed by atoms with Gasteiger partial charge in [0, 0.05) is 79.3 Å². The summed E-state index contributed by atoms with van der Waals surface area (Å²) in [6.07, 6.45) is 2.91. The lowest BCUT2D eigenvalue weighted by Crippen LogP contribution is -2.43. The van der Waals surface area contributed by atoms with E-state index in [1.807, 2.05) is 18.2 Å². The van der Waals surface area contributed by atoms with Gasteiger partial charge in [-0.1, -0.05) is 68.3 Å². The van der Waals surface area contributed by atoms with Crippen molar-refractivity contribution in [1.29, 1.82) is 0 Å². The number of esters is 3.